The predicted octanol–water partition coefficient (Wildman–Crippen LogP) is 6.35. The first-order chi connectivity index (χ1) is 34.2. The predicted molar refractivity (Wildman–Crippen MR) is 287 cm³/mol. The Hall–Kier alpha value is -6.07. The molecule has 18 nitrogen and oxygen atoms in total. The van der Waals surface area contributed by atoms with Crippen LogP contribution in [0.3, 0.4) is 0 Å². The molecule has 2 fully saturated rings. The summed E-state index contributed by atoms with van der Waals surface area (Å²) in [6.07, 6.45) is 4.42. The molecule has 0 radical (unpaired) electrons. The van der Waals surface area contributed by atoms with Crippen LogP contribution >= 0.6 is 46.4 Å². The van der Waals surface area contributed by atoms with Gasteiger partial charge in [-0.25, -0.2) is 34.0 Å². The first kappa shape index (κ1) is 55.2. The summed E-state index contributed by atoms with van der Waals surface area (Å²) < 4.78 is 2.52. The molecule has 9 rings (SSSR count). The Balaban J connectivity index is 0.000000227. The van der Waals surface area contributed by atoms with Crippen molar-refractivity contribution in [2.24, 2.45) is 12.0 Å². The zero-order chi connectivity index (χ0) is 50.8. The largest absolute Gasteiger partial charge is 1.00 e. The molecule has 4 aromatic carbocycles. The number of isocyanates is 1. The van der Waals surface area contributed by atoms with Crippen molar-refractivity contribution in [1.82, 2.24) is 38.9 Å². The van der Waals surface area contributed by atoms with Crippen LogP contribution in [0.2, 0.25) is 20.1 Å². The van der Waals surface area contributed by atoms with Crippen molar-refractivity contribution in [2.75, 3.05) is 99.3 Å². The van der Waals surface area contributed by atoms with Crippen LogP contribution < -0.4 is 66.5 Å². The molecule has 2 aliphatic heterocycles. The second-order valence-electron chi connectivity index (χ2n) is 16.5. The molecule has 23 heteroatoms. The zero-order valence-corrected chi connectivity index (χ0v) is 45.5. The second-order valence-corrected chi connectivity index (χ2v) is 18.1. The third kappa shape index (κ3) is 13.3. The van der Waals surface area contributed by atoms with Gasteiger partial charge in [0.2, 0.25) is 23.7 Å². The van der Waals surface area contributed by atoms with Crippen LogP contribution in [-0.4, -0.2) is 118 Å². The maximum atomic E-state index is 13.2. The van der Waals surface area contributed by atoms with Gasteiger partial charge >= 0.3 is 35.2 Å². The molecule has 0 bridgehead atoms. The van der Waals surface area contributed by atoms with Gasteiger partial charge in [0.15, 0.2) is 5.65 Å². The van der Waals surface area contributed by atoms with E-state index in [-0.39, 0.29) is 57.9 Å². The molecule has 0 atom stereocenters. The number of hydrogen-bond acceptors (Lipinski definition) is 15. The first-order valence-corrected chi connectivity index (χ1v) is 23.7. The van der Waals surface area contributed by atoms with Crippen molar-refractivity contribution < 1.29 is 35.8 Å². The van der Waals surface area contributed by atoms with Crippen molar-refractivity contribution in [3.63, 3.8) is 0 Å². The Kier molecular flexibility index (Phi) is 19.6. The minimum absolute atomic E-state index is 0. The standard InChI is InChI=1S/C24H24Cl2N8O.C18H23N7.C7H3Cl2NO.Na.H/c1-31-10-12-33(13-11-31)16-8-6-15(7-9-16)29-23-28-14-17-21(27)34(24(35)32(2)22(17)30-23)20-18(25)4-3-5-19(20)26;1-13-11-14(5-6-16(13)25-9-7-24(4)8-10-25)22-18-21-12-15(19-2)17(20-3)23-18;8-5-2-1-3-6(9)7(5)10-4-11;;/h3-9,14,27H,10-13H2,1-2H3,(H,28,29,30);5-6,11-12H,7-10H2,1,3-4H3,(H2,20,21,22,23);1-3H;;/q;;;+1;-1. The Morgan fingerprint density at radius 3 is 1.86 bits per heavy atom. The molecule has 368 valence electrons. The second kappa shape index (κ2) is 25.5. The van der Waals surface area contributed by atoms with E-state index in [1.165, 1.54) is 44.5 Å². The summed E-state index contributed by atoms with van der Waals surface area (Å²) in [6, 6.07) is 24.2. The van der Waals surface area contributed by atoms with E-state index < -0.39 is 5.69 Å². The number of aliphatic imine (C=N–C) groups is 1. The number of likely N-dealkylation sites (N-methyl/N-ethyl adjacent to an activating group) is 2. The fourth-order valence-electron chi connectivity index (χ4n) is 7.78. The van der Waals surface area contributed by atoms with Crippen molar-refractivity contribution in [3.8, 4) is 5.69 Å². The number of benzene rings is 4. The molecule has 0 aliphatic carbocycles. The van der Waals surface area contributed by atoms with Gasteiger partial charge in [-0.15, -0.1) is 0 Å². The number of nitrogens with one attached hydrogen (secondary N) is 4. The van der Waals surface area contributed by atoms with Crippen molar-refractivity contribution >= 4 is 115 Å². The van der Waals surface area contributed by atoms with E-state index in [2.05, 4.69) is 111 Å². The Bertz CT molecular complexity index is 3220. The number of anilines is 7. The van der Waals surface area contributed by atoms with Crippen LogP contribution in [0.15, 0.2) is 101 Å². The Labute approximate surface area is 460 Å². The minimum atomic E-state index is -0.487. The molecule has 2 saturated heterocycles. The quantitative estimate of drug-likeness (QED) is 0.0544. The number of fused-ring (bicyclic) bond motifs is 1. The minimum Gasteiger partial charge on any atom is -1.00 e. The monoisotopic (exact) mass is 1060 g/mol. The molecule has 0 saturated carbocycles. The van der Waals surface area contributed by atoms with Crippen molar-refractivity contribution in [2.45, 2.75) is 6.92 Å². The van der Waals surface area contributed by atoms with Crippen LogP contribution in [0, 0.1) is 18.9 Å². The van der Waals surface area contributed by atoms with E-state index in [4.69, 9.17) is 58.4 Å². The fraction of sp³-hybridized carbons (Fsp3) is 0.265. The molecule has 0 unspecified atom stereocenters. The zero-order valence-electron chi connectivity index (χ0n) is 41.5. The number of piperazine rings is 2. The normalized spacial score (nSPS) is 13.6. The number of carbonyl (C=O) groups excluding carboxylic acids is 1. The summed E-state index contributed by atoms with van der Waals surface area (Å²) in [6.45, 7) is 17.6. The van der Waals surface area contributed by atoms with Crippen molar-refractivity contribution in [3.05, 3.63) is 144 Å². The molecular weight excluding hydrogens is 1010 g/mol. The van der Waals surface area contributed by atoms with Crippen molar-refractivity contribution in [1.29, 1.82) is 5.41 Å². The van der Waals surface area contributed by atoms with Crippen LogP contribution in [0.5, 0.6) is 0 Å². The van der Waals surface area contributed by atoms with Gasteiger partial charge in [-0.05, 0) is 93.3 Å². The van der Waals surface area contributed by atoms with Gasteiger partial charge in [0.1, 0.15) is 17.0 Å². The molecule has 3 aromatic heterocycles. The molecule has 2 aliphatic rings. The number of hydrogen-bond donors (Lipinski definition) is 4. The summed E-state index contributed by atoms with van der Waals surface area (Å²) in [5.41, 5.74) is 6.12. The number of rotatable bonds is 9. The summed E-state index contributed by atoms with van der Waals surface area (Å²) >= 11 is 23.9. The van der Waals surface area contributed by atoms with E-state index in [0.717, 1.165) is 63.7 Å². The van der Waals surface area contributed by atoms with Gasteiger partial charge in [0, 0.05) is 102 Å². The smallest absolute Gasteiger partial charge is 1.00 e. The molecule has 4 N–H and O–H groups in total. The number of aromatic nitrogens is 6. The first-order valence-electron chi connectivity index (χ1n) is 22.2. The number of aryl methyl sites for hydroxylation is 2. The van der Waals surface area contributed by atoms with Crippen LogP contribution in [0.1, 0.15) is 6.99 Å². The van der Waals surface area contributed by atoms with E-state index in [0.29, 0.717) is 44.5 Å². The van der Waals surface area contributed by atoms with Gasteiger partial charge in [0.25, 0.3) is 0 Å². The molecular formula is C49H51Cl4N16NaO2. The topological polar surface area (TPSA) is 185 Å². The average molecular weight is 1060 g/mol. The number of nitrogens with zero attached hydrogens (tertiary/aromatic N) is 12. The molecule has 72 heavy (non-hydrogen) atoms. The third-order valence-electron chi connectivity index (χ3n) is 11.7. The summed E-state index contributed by atoms with van der Waals surface area (Å²) in [5, 5.41) is 19.6. The van der Waals surface area contributed by atoms with Crippen LogP contribution in [0.25, 0.3) is 21.6 Å². The maximum absolute atomic E-state index is 13.2. The van der Waals surface area contributed by atoms with E-state index in [1.54, 1.807) is 50.5 Å². The molecule has 5 heterocycles. The Morgan fingerprint density at radius 1 is 0.750 bits per heavy atom. The van der Waals surface area contributed by atoms with Gasteiger partial charge in [-0.3, -0.25) is 9.98 Å². The summed E-state index contributed by atoms with van der Waals surface area (Å²) in [7, 11) is 7.64. The van der Waals surface area contributed by atoms with E-state index >= 15 is 0 Å². The number of halogens is 4. The van der Waals surface area contributed by atoms with Gasteiger partial charge in [-0.2, -0.15) is 9.98 Å². The van der Waals surface area contributed by atoms with Crippen LogP contribution in [0.4, 0.5) is 51.8 Å². The number of para-hydroxylation sites is 2. The third-order valence-corrected chi connectivity index (χ3v) is 12.9. The van der Waals surface area contributed by atoms with E-state index in [9.17, 15) is 9.59 Å². The maximum Gasteiger partial charge on any atom is 1.00 e. The van der Waals surface area contributed by atoms with E-state index in [1.807, 2.05) is 18.2 Å². The summed E-state index contributed by atoms with van der Waals surface area (Å²) in [5.74, 6) is 1.33. The Morgan fingerprint density at radius 2 is 1.29 bits per heavy atom. The SMILES string of the molecule is CN1CCN(c2ccc(Nc3ncc4c(=N)n(-c5c(Cl)cccc5Cl)c(=O)n(C)c4n3)cc2)CC1.O=C=Nc1c(Cl)cccc1Cl.[C-]#[N+]c1cnc(Nc2ccc(N3CCN(C)CC3)c(C)c2)nc1NC.[H-].[Na+]. The fourth-order valence-corrected chi connectivity index (χ4v) is 8.83. The molecule has 0 amide bonds. The average Bonchev–Trinajstić information content (AvgIpc) is 3.36. The molecule has 0 spiro atoms. The summed E-state index contributed by atoms with van der Waals surface area (Å²) in [4.78, 5) is 56.7. The van der Waals surface area contributed by atoms with Gasteiger partial charge in [0.05, 0.1) is 37.7 Å². The van der Waals surface area contributed by atoms with Gasteiger partial charge in [-0.1, -0.05) is 58.5 Å². The van der Waals surface area contributed by atoms with Gasteiger partial charge < -0.3 is 37.0 Å². The van der Waals surface area contributed by atoms with Crippen LogP contribution in [-0.2, 0) is 11.8 Å². The molecule has 7 aromatic rings.